The van der Waals surface area contributed by atoms with Gasteiger partial charge in [-0.3, -0.25) is 14.4 Å². The molecule has 2 amide bonds. The van der Waals surface area contributed by atoms with Crippen molar-refractivity contribution in [3.63, 3.8) is 0 Å². The predicted octanol–water partition coefficient (Wildman–Crippen LogP) is 6.08. The van der Waals surface area contributed by atoms with E-state index < -0.39 is 30.3 Å². The lowest BCUT2D eigenvalue weighted by molar-refractivity contribution is -0.0495. The molecule has 0 saturated carbocycles. The van der Waals surface area contributed by atoms with Gasteiger partial charge in [0.1, 0.15) is 34.1 Å². The zero-order chi connectivity index (χ0) is 34.0. The van der Waals surface area contributed by atoms with Crippen molar-refractivity contribution in [2.75, 3.05) is 25.1 Å². The van der Waals surface area contributed by atoms with Crippen LogP contribution in [0, 0.1) is 0 Å². The van der Waals surface area contributed by atoms with Crippen LogP contribution in [0.15, 0.2) is 73.3 Å². The van der Waals surface area contributed by atoms with Gasteiger partial charge in [-0.2, -0.15) is 19.0 Å². The fourth-order valence-electron chi connectivity index (χ4n) is 5.25. The van der Waals surface area contributed by atoms with Crippen LogP contribution >= 0.6 is 0 Å². The molecule has 13 nitrogen and oxygen atoms in total. The summed E-state index contributed by atoms with van der Waals surface area (Å²) in [4.78, 5) is 32.1. The van der Waals surface area contributed by atoms with Gasteiger partial charge in [0.05, 0.1) is 36.7 Å². The smallest absolute Gasteiger partial charge is 0.410 e. The highest BCUT2D eigenvalue weighted by atomic mass is 19.3. The van der Waals surface area contributed by atoms with E-state index in [1.165, 1.54) is 39.8 Å². The topological polar surface area (TPSA) is 134 Å². The van der Waals surface area contributed by atoms with Crippen LogP contribution in [0.25, 0.3) is 16.9 Å². The normalized spacial score (nSPS) is 15.1. The fraction of sp³-hybridized carbons (Fsp3) is 0.303. The van der Waals surface area contributed by atoms with E-state index in [0.717, 1.165) is 5.56 Å². The number of carbonyl (C=O) groups is 2. The largest absolute Gasteiger partial charge is 0.457 e. The minimum absolute atomic E-state index is 0.148. The van der Waals surface area contributed by atoms with Crippen LogP contribution in [0.4, 0.5) is 19.3 Å². The number of hydrogen-bond donors (Lipinski definition) is 1. The minimum Gasteiger partial charge on any atom is -0.457 e. The molecular weight excluding hydrogens is 628 g/mol. The van der Waals surface area contributed by atoms with Crippen molar-refractivity contribution in [2.24, 2.45) is 7.05 Å². The summed E-state index contributed by atoms with van der Waals surface area (Å²) < 4.78 is 52.2. The molecule has 1 fully saturated rings. The van der Waals surface area contributed by atoms with Gasteiger partial charge >= 0.3 is 12.7 Å². The van der Waals surface area contributed by atoms with E-state index >= 15 is 0 Å². The molecule has 4 heterocycles. The molecule has 48 heavy (non-hydrogen) atoms. The number of aryl methyl sites for hydroxylation is 1. The molecule has 1 aliphatic rings. The van der Waals surface area contributed by atoms with Crippen molar-refractivity contribution in [3.05, 3.63) is 84.4 Å². The van der Waals surface area contributed by atoms with Gasteiger partial charge in [-0.15, -0.1) is 0 Å². The number of benzene rings is 2. The molecule has 0 aliphatic carbocycles. The fourth-order valence-corrected chi connectivity index (χ4v) is 5.25. The standard InChI is InChI=1S/C33H33F2N7O6/c1-33(2,3)48-32(44)41-13-14-45-19-26(41)20-7-5-8-21(15-20)46-22-9-10-27(47-31(34)35)23(16-22)28-25(18-40(4)39-28)38-30(43)24-17-37-42-12-6-11-36-29(24)42/h5-12,15-18,26,31H,13-14,19H2,1-4H3,(H,38,43). The van der Waals surface area contributed by atoms with Crippen LogP contribution < -0.4 is 14.8 Å². The first-order valence-corrected chi connectivity index (χ1v) is 15.0. The number of nitrogens with zero attached hydrogens (tertiary/aromatic N) is 6. The number of ether oxygens (including phenoxy) is 4. The summed E-state index contributed by atoms with van der Waals surface area (Å²) in [6.07, 6.45) is 5.67. The Balaban J connectivity index is 1.29. The van der Waals surface area contributed by atoms with Gasteiger partial charge in [0.15, 0.2) is 5.65 Å². The third-order valence-electron chi connectivity index (χ3n) is 7.26. The van der Waals surface area contributed by atoms with Crippen LogP contribution in [0.1, 0.15) is 42.7 Å². The number of aromatic nitrogens is 5. The number of hydrogen-bond acceptors (Lipinski definition) is 9. The third-order valence-corrected chi connectivity index (χ3v) is 7.26. The van der Waals surface area contributed by atoms with Crippen molar-refractivity contribution in [1.82, 2.24) is 29.3 Å². The second-order valence-corrected chi connectivity index (χ2v) is 11.9. The molecule has 1 aliphatic heterocycles. The van der Waals surface area contributed by atoms with E-state index in [0.29, 0.717) is 24.5 Å². The number of nitrogens with one attached hydrogen (secondary N) is 1. The number of amides is 2. The molecule has 2 aromatic carbocycles. The average molecular weight is 662 g/mol. The zero-order valence-electron chi connectivity index (χ0n) is 26.6. The van der Waals surface area contributed by atoms with Crippen molar-refractivity contribution in [3.8, 4) is 28.5 Å². The van der Waals surface area contributed by atoms with Crippen molar-refractivity contribution < 1.29 is 37.3 Å². The van der Waals surface area contributed by atoms with Gasteiger partial charge in [0.2, 0.25) is 0 Å². The zero-order valence-corrected chi connectivity index (χ0v) is 26.6. The molecule has 1 saturated heterocycles. The van der Waals surface area contributed by atoms with E-state index in [1.54, 1.807) is 48.6 Å². The maximum atomic E-state index is 13.5. The Labute approximate surface area is 274 Å². The Bertz CT molecular complexity index is 1950. The predicted molar refractivity (Wildman–Crippen MR) is 169 cm³/mol. The Kier molecular flexibility index (Phi) is 8.95. The van der Waals surface area contributed by atoms with Gasteiger partial charge in [-0.25, -0.2) is 14.3 Å². The van der Waals surface area contributed by atoms with Gasteiger partial charge in [-0.1, -0.05) is 12.1 Å². The van der Waals surface area contributed by atoms with Crippen LogP contribution in [0.5, 0.6) is 17.2 Å². The summed E-state index contributed by atoms with van der Waals surface area (Å²) in [6.45, 7) is 3.31. The molecule has 1 atom stereocenters. The van der Waals surface area contributed by atoms with Crippen LogP contribution in [-0.2, 0) is 16.5 Å². The van der Waals surface area contributed by atoms with E-state index in [1.807, 2.05) is 26.8 Å². The highest BCUT2D eigenvalue weighted by Gasteiger charge is 2.32. The maximum absolute atomic E-state index is 13.5. The Morgan fingerprint density at radius 3 is 2.71 bits per heavy atom. The molecule has 1 unspecified atom stereocenters. The molecule has 15 heteroatoms. The van der Waals surface area contributed by atoms with Crippen LogP contribution in [-0.4, -0.2) is 73.2 Å². The molecule has 0 bridgehead atoms. The monoisotopic (exact) mass is 661 g/mol. The van der Waals surface area contributed by atoms with Gasteiger partial charge in [0.25, 0.3) is 5.91 Å². The Hall–Kier alpha value is -5.57. The molecule has 6 rings (SSSR count). The quantitative estimate of drug-likeness (QED) is 0.210. The van der Waals surface area contributed by atoms with Gasteiger partial charge < -0.3 is 24.3 Å². The summed E-state index contributed by atoms with van der Waals surface area (Å²) in [5, 5.41) is 11.4. The lowest BCUT2D eigenvalue weighted by Gasteiger charge is -2.36. The highest BCUT2D eigenvalue weighted by molar-refractivity contribution is 6.09. The SMILES string of the molecule is Cn1cc(NC(=O)c2cnn3cccnc23)c(-c2cc(Oc3cccc(C4COCCN4C(=O)OC(C)(C)C)c3)ccc2OC(F)F)n1. The van der Waals surface area contributed by atoms with Gasteiger partial charge in [0, 0.05) is 32.2 Å². The summed E-state index contributed by atoms with van der Waals surface area (Å²) in [7, 11) is 1.63. The maximum Gasteiger partial charge on any atom is 0.410 e. The number of rotatable bonds is 8. The van der Waals surface area contributed by atoms with E-state index in [9.17, 15) is 18.4 Å². The minimum atomic E-state index is -3.12. The first-order chi connectivity index (χ1) is 22.9. The summed E-state index contributed by atoms with van der Waals surface area (Å²) in [5.74, 6) is 0.00385. The average Bonchev–Trinajstić information content (AvgIpc) is 3.64. The molecule has 5 aromatic rings. The number of morpholine rings is 1. The lowest BCUT2D eigenvalue weighted by atomic mass is 10.0. The first kappa shape index (κ1) is 32.4. The molecule has 0 spiro atoms. The van der Waals surface area contributed by atoms with E-state index in [2.05, 4.69) is 20.5 Å². The number of anilines is 1. The summed E-state index contributed by atoms with van der Waals surface area (Å²) >= 11 is 0. The second-order valence-electron chi connectivity index (χ2n) is 11.9. The summed E-state index contributed by atoms with van der Waals surface area (Å²) in [5.41, 5.74) is 1.19. The van der Waals surface area contributed by atoms with Gasteiger partial charge in [-0.05, 0) is 62.7 Å². The molecular formula is C33H33F2N7O6. The molecule has 0 radical (unpaired) electrons. The van der Waals surface area contributed by atoms with Crippen LogP contribution in [0.3, 0.4) is 0 Å². The highest BCUT2D eigenvalue weighted by Crippen LogP contribution is 2.39. The number of alkyl halides is 2. The summed E-state index contributed by atoms with van der Waals surface area (Å²) in [6, 6.07) is 12.7. The van der Waals surface area contributed by atoms with Crippen LogP contribution in [0.2, 0.25) is 0 Å². The number of carbonyl (C=O) groups excluding carboxylic acids is 2. The molecule has 1 N–H and O–H groups in total. The van der Waals surface area contributed by atoms with E-state index in [-0.39, 0.29) is 40.6 Å². The van der Waals surface area contributed by atoms with Crippen molar-refractivity contribution in [1.29, 1.82) is 0 Å². The molecule has 3 aromatic heterocycles. The number of halogens is 2. The van der Waals surface area contributed by atoms with Crippen molar-refractivity contribution >= 4 is 23.3 Å². The Morgan fingerprint density at radius 1 is 1.10 bits per heavy atom. The van der Waals surface area contributed by atoms with E-state index in [4.69, 9.17) is 18.9 Å². The first-order valence-electron chi connectivity index (χ1n) is 15.0. The van der Waals surface area contributed by atoms with Crippen molar-refractivity contribution in [2.45, 2.75) is 39.0 Å². The number of fused-ring (bicyclic) bond motifs is 1. The third kappa shape index (κ3) is 7.20. The Morgan fingerprint density at radius 2 is 1.92 bits per heavy atom. The lowest BCUT2D eigenvalue weighted by Crippen LogP contribution is -2.45. The second kappa shape index (κ2) is 13.3. The molecule has 250 valence electrons.